The number of aryl methyl sites for hydroxylation is 1. The van der Waals surface area contributed by atoms with Crippen LogP contribution in [0.25, 0.3) is 0 Å². The Hall–Kier alpha value is -1.01. The molecule has 1 saturated heterocycles. The van der Waals surface area contributed by atoms with Gasteiger partial charge >= 0.3 is 0 Å². The third-order valence-electron chi connectivity index (χ3n) is 1.98. The van der Waals surface area contributed by atoms with Crippen molar-refractivity contribution in [2.75, 3.05) is 11.9 Å². The van der Waals surface area contributed by atoms with E-state index >= 15 is 0 Å². The van der Waals surface area contributed by atoms with Crippen molar-refractivity contribution in [2.45, 2.75) is 25.9 Å². The molecule has 1 aliphatic rings. The van der Waals surface area contributed by atoms with Crippen LogP contribution in [-0.4, -0.2) is 28.0 Å². The van der Waals surface area contributed by atoms with Crippen molar-refractivity contribution >= 4 is 22.6 Å². The summed E-state index contributed by atoms with van der Waals surface area (Å²) < 4.78 is 9.21. The van der Waals surface area contributed by atoms with Crippen LogP contribution in [0.5, 0.6) is 0 Å². The fourth-order valence-electron chi connectivity index (χ4n) is 1.32. The molecule has 2 heterocycles. The zero-order chi connectivity index (χ0) is 9.97. The highest BCUT2D eigenvalue weighted by atomic mass is 32.1. The van der Waals surface area contributed by atoms with E-state index in [1.807, 2.05) is 0 Å². The standard InChI is InChI=1S/C8H11N3O2S/c1-5-9-8(14-11-5)10-7(12)6-3-2-4-13-6/h6H,2-4H2,1H3,(H,9,10,11,12). The molecule has 1 aliphatic heterocycles. The van der Waals surface area contributed by atoms with E-state index in [1.54, 1.807) is 6.92 Å². The van der Waals surface area contributed by atoms with Gasteiger partial charge in [-0.2, -0.15) is 4.37 Å². The molecule has 6 heteroatoms. The van der Waals surface area contributed by atoms with Gasteiger partial charge in [0.05, 0.1) is 0 Å². The van der Waals surface area contributed by atoms with Crippen molar-refractivity contribution < 1.29 is 9.53 Å². The van der Waals surface area contributed by atoms with E-state index in [-0.39, 0.29) is 12.0 Å². The van der Waals surface area contributed by atoms with Crippen LogP contribution >= 0.6 is 11.5 Å². The molecule has 76 valence electrons. The minimum Gasteiger partial charge on any atom is -0.368 e. The molecule has 1 fully saturated rings. The molecular formula is C8H11N3O2S. The number of hydrogen-bond donors (Lipinski definition) is 1. The normalized spacial score (nSPS) is 21.1. The lowest BCUT2D eigenvalue weighted by atomic mass is 10.2. The number of carbonyl (C=O) groups excluding carboxylic acids is 1. The van der Waals surface area contributed by atoms with Crippen molar-refractivity contribution in [1.82, 2.24) is 9.36 Å². The van der Waals surface area contributed by atoms with Crippen LogP contribution in [0.15, 0.2) is 0 Å². The van der Waals surface area contributed by atoms with Crippen LogP contribution in [0.3, 0.4) is 0 Å². The van der Waals surface area contributed by atoms with E-state index in [4.69, 9.17) is 4.74 Å². The maximum absolute atomic E-state index is 11.5. The second-order valence-electron chi connectivity index (χ2n) is 3.14. The number of aromatic nitrogens is 2. The lowest BCUT2D eigenvalue weighted by Crippen LogP contribution is -2.26. The molecule has 0 bridgehead atoms. The highest BCUT2D eigenvalue weighted by Crippen LogP contribution is 2.16. The molecule has 1 aromatic heterocycles. The minimum absolute atomic E-state index is 0.112. The van der Waals surface area contributed by atoms with Crippen LogP contribution in [0.2, 0.25) is 0 Å². The molecule has 0 aliphatic carbocycles. The van der Waals surface area contributed by atoms with Crippen molar-refractivity contribution in [3.63, 3.8) is 0 Å². The summed E-state index contributed by atoms with van der Waals surface area (Å²) in [5, 5.41) is 3.23. The van der Waals surface area contributed by atoms with Crippen molar-refractivity contribution in [1.29, 1.82) is 0 Å². The second kappa shape index (κ2) is 4.02. The van der Waals surface area contributed by atoms with Crippen molar-refractivity contribution in [2.24, 2.45) is 0 Å². The van der Waals surface area contributed by atoms with Crippen LogP contribution < -0.4 is 5.32 Å². The lowest BCUT2D eigenvalue weighted by Gasteiger charge is -2.06. The van der Waals surface area contributed by atoms with Crippen LogP contribution in [0.4, 0.5) is 5.13 Å². The lowest BCUT2D eigenvalue weighted by molar-refractivity contribution is -0.124. The van der Waals surface area contributed by atoms with Crippen molar-refractivity contribution in [3.05, 3.63) is 5.82 Å². The average Bonchev–Trinajstić information content (AvgIpc) is 2.75. The fraction of sp³-hybridized carbons (Fsp3) is 0.625. The topological polar surface area (TPSA) is 64.1 Å². The van der Waals surface area contributed by atoms with Crippen LogP contribution in [0, 0.1) is 6.92 Å². The molecule has 1 atom stereocenters. The predicted molar refractivity (Wildman–Crippen MR) is 52.2 cm³/mol. The third-order valence-corrected chi connectivity index (χ3v) is 2.70. The Morgan fingerprint density at radius 3 is 3.14 bits per heavy atom. The summed E-state index contributed by atoms with van der Waals surface area (Å²) in [5.74, 6) is 0.566. The molecular weight excluding hydrogens is 202 g/mol. The molecule has 1 N–H and O–H groups in total. The maximum Gasteiger partial charge on any atom is 0.255 e. The SMILES string of the molecule is Cc1nsc(NC(=O)C2CCCO2)n1. The van der Waals surface area contributed by atoms with Gasteiger partial charge in [-0.1, -0.05) is 0 Å². The van der Waals surface area contributed by atoms with E-state index in [9.17, 15) is 4.79 Å². The molecule has 14 heavy (non-hydrogen) atoms. The van der Waals surface area contributed by atoms with Gasteiger partial charge in [0, 0.05) is 18.1 Å². The Bertz CT molecular complexity index is 333. The molecule has 0 aromatic carbocycles. The smallest absolute Gasteiger partial charge is 0.255 e. The van der Waals surface area contributed by atoms with Crippen molar-refractivity contribution in [3.8, 4) is 0 Å². The average molecular weight is 213 g/mol. The summed E-state index contributed by atoms with van der Waals surface area (Å²) in [6, 6.07) is 0. The second-order valence-corrected chi connectivity index (χ2v) is 3.89. The number of nitrogens with one attached hydrogen (secondary N) is 1. The first-order valence-corrected chi connectivity index (χ1v) is 5.26. The largest absolute Gasteiger partial charge is 0.368 e. The first kappa shape index (κ1) is 9.54. The highest BCUT2D eigenvalue weighted by molar-refractivity contribution is 7.09. The summed E-state index contributed by atoms with van der Waals surface area (Å²) in [7, 11) is 0. The number of rotatable bonds is 2. The van der Waals surface area contributed by atoms with Crippen LogP contribution in [-0.2, 0) is 9.53 Å². The van der Waals surface area contributed by atoms with E-state index in [0.29, 0.717) is 17.6 Å². The summed E-state index contributed by atoms with van der Waals surface area (Å²) in [5.41, 5.74) is 0. The molecule has 1 amide bonds. The van der Waals surface area contributed by atoms with Gasteiger partial charge in [-0.25, -0.2) is 4.98 Å². The number of hydrogen-bond acceptors (Lipinski definition) is 5. The van der Waals surface area contributed by atoms with Gasteiger partial charge in [-0.15, -0.1) is 0 Å². The first-order valence-electron chi connectivity index (χ1n) is 4.48. The van der Waals surface area contributed by atoms with Gasteiger partial charge in [0.1, 0.15) is 11.9 Å². The number of anilines is 1. The van der Waals surface area contributed by atoms with Crippen LogP contribution in [0.1, 0.15) is 18.7 Å². The van der Waals surface area contributed by atoms with E-state index in [1.165, 1.54) is 11.5 Å². The Morgan fingerprint density at radius 1 is 1.71 bits per heavy atom. The summed E-state index contributed by atoms with van der Waals surface area (Å²) in [4.78, 5) is 15.6. The minimum atomic E-state index is -0.306. The van der Waals surface area contributed by atoms with E-state index in [2.05, 4.69) is 14.7 Å². The number of carbonyl (C=O) groups is 1. The molecule has 0 spiro atoms. The first-order chi connectivity index (χ1) is 6.75. The number of ether oxygens (including phenoxy) is 1. The maximum atomic E-state index is 11.5. The molecule has 5 nitrogen and oxygen atoms in total. The highest BCUT2D eigenvalue weighted by Gasteiger charge is 2.24. The Morgan fingerprint density at radius 2 is 2.57 bits per heavy atom. The Labute approximate surface area is 85.7 Å². The number of amides is 1. The summed E-state index contributed by atoms with van der Waals surface area (Å²) in [6.45, 7) is 2.46. The van der Waals surface area contributed by atoms with Gasteiger partial charge < -0.3 is 4.74 Å². The fourth-order valence-corrected chi connectivity index (χ4v) is 1.90. The quantitative estimate of drug-likeness (QED) is 0.794. The zero-order valence-electron chi connectivity index (χ0n) is 7.82. The van der Waals surface area contributed by atoms with E-state index < -0.39 is 0 Å². The van der Waals surface area contributed by atoms with E-state index in [0.717, 1.165) is 12.8 Å². The summed E-state index contributed by atoms with van der Waals surface area (Å²) >= 11 is 1.19. The van der Waals surface area contributed by atoms with Gasteiger partial charge in [-0.05, 0) is 19.8 Å². The predicted octanol–water partition coefficient (Wildman–Crippen LogP) is 0.964. The monoisotopic (exact) mass is 213 g/mol. The molecule has 0 saturated carbocycles. The molecule has 2 rings (SSSR count). The Kier molecular flexibility index (Phi) is 2.74. The molecule has 0 radical (unpaired) electrons. The van der Waals surface area contributed by atoms with Gasteiger partial charge in [0.25, 0.3) is 5.91 Å². The third kappa shape index (κ3) is 2.08. The summed E-state index contributed by atoms with van der Waals surface area (Å²) in [6.07, 6.45) is 1.44. The molecule has 1 unspecified atom stereocenters. The number of nitrogens with zero attached hydrogens (tertiary/aromatic N) is 2. The zero-order valence-corrected chi connectivity index (χ0v) is 8.63. The van der Waals surface area contributed by atoms with Gasteiger partial charge in [0.15, 0.2) is 0 Å². The van der Waals surface area contributed by atoms with Gasteiger partial charge in [-0.3, -0.25) is 10.1 Å². The van der Waals surface area contributed by atoms with Gasteiger partial charge in [0.2, 0.25) is 5.13 Å². The Balaban J connectivity index is 1.93. The molecule has 1 aromatic rings.